The molecule has 0 amide bonds. The predicted molar refractivity (Wildman–Crippen MR) is 86.8 cm³/mol. The maximum Gasteiger partial charge on any atom is 0.0645 e. The third-order valence-electron chi connectivity index (χ3n) is 3.66. The van der Waals surface area contributed by atoms with Crippen LogP contribution >= 0.6 is 0 Å². The second kappa shape index (κ2) is 5.83. The van der Waals surface area contributed by atoms with Crippen LogP contribution in [0.5, 0.6) is 0 Å². The van der Waals surface area contributed by atoms with Crippen molar-refractivity contribution in [2.45, 2.75) is 20.4 Å². The monoisotopic (exact) mass is 277 g/mol. The highest BCUT2D eigenvalue weighted by Crippen LogP contribution is 2.15. The van der Waals surface area contributed by atoms with Crippen LogP contribution in [0.25, 0.3) is 5.69 Å². The molecule has 3 heteroatoms. The molecule has 0 saturated carbocycles. The van der Waals surface area contributed by atoms with Crippen LogP contribution in [0, 0.1) is 13.8 Å². The van der Waals surface area contributed by atoms with Gasteiger partial charge in [-0.15, -0.1) is 0 Å². The minimum absolute atomic E-state index is 0.773. The molecule has 2 aromatic carbocycles. The van der Waals surface area contributed by atoms with Crippen LogP contribution in [0.2, 0.25) is 0 Å². The summed E-state index contributed by atoms with van der Waals surface area (Å²) in [4.78, 5) is 0. The van der Waals surface area contributed by atoms with E-state index in [4.69, 9.17) is 0 Å². The van der Waals surface area contributed by atoms with Crippen LogP contribution in [0.4, 0.5) is 5.69 Å². The number of aromatic nitrogens is 2. The molecule has 3 rings (SSSR count). The largest absolute Gasteiger partial charge is 0.381 e. The second-order valence-corrected chi connectivity index (χ2v) is 5.28. The molecule has 3 nitrogen and oxygen atoms in total. The third kappa shape index (κ3) is 3.14. The Bertz CT molecular complexity index is 729. The van der Waals surface area contributed by atoms with Gasteiger partial charge in [0.1, 0.15) is 0 Å². The van der Waals surface area contributed by atoms with Gasteiger partial charge in [0.05, 0.1) is 11.9 Å². The number of aryl methyl sites for hydroxylation is 2. The summed E-state index contributed by atoms with van der Waals surface area (Å²) in [6.07, 6.45) is 3.96. The van der Waals surface area contributed by atoms with Crippen molar-refractivity contribution in [1.82, 2.24) is 9.78 Å². The topological polar surface area (TPSA) is 29.9 Å². The highest BCUT2D eigenvalue weighted by Gasteiger charge is 2.01. The van der Waals surface area contributed by atoms with Crippen LogP contribution in [-0.2, 0) is 6.54 Å². The van der Waals surface area contributed by atoms with Crippen LogP contribution in [0.3, 0.4) is 0 Å². The molecule has 0 aliphatic carbocycles. The van der Waals surface area contributed by atoms with E-state index < -0.39 is 0 Å². The van der Waals surface area contributed by atoms with Crippen molar-refractivity contribution in [1.29, 1.82) is 0 Å². The van der Waals surface area contributed by atoms with Gasteiger partial charge in [-0.25, -0.2) is 4.68 Å². The number of hydrogen-bond acceptors (Lipinski definition) is 2. The fourth-order valence-electron chi connectivity index (χ4n) is 2.23. The van der Waals surface area contributed by atoms with Gasteiger partial charge in [-0.2, -0.15) is 5.10 Å². The lowest BCUT2D eigenvalue weighted by atomic mass is 10.1. The van der Waals surface area contributed by atoms with E-state index in [1.165, 1.54) is 11.1 Å². The second-order valence-electron chi connectivity index (χ2n) is 5.28. The average molecular weight is 277 g/mol. The zero-order valence-corrected chi connectivity index (χ0v) is 12.4. The first-order valence-electron chi connectivity index (χ1n) is 7.12. The fourth-order valence-corrected chi connectivity index (χ4v) is 2.23. The van der Waals surface area contributed by atoms with Crippen molar-refractivity contribution in [3.63, 3.8) is 0 Å². The predicted octanol–water partition coefficient (Wildman–Crippen LogP) is 4.10. The molecule has 0 radical (unpaired) electrons. The summed E-state index contributed by atoms with van der Waals surface area (Å²) in [6.45, 7) is 5.03. The minimum Gasteiger partial charge on any atom is -0.381 e. The van der Waals surface area contributed by atoms with Gasteiger partial charge in [-0.05, 0) is 49.2 Å². The summed E-state index contributed by atoms with van der Waals surface area (Å²) in [5.41, 5.74) is 6.01. The van der Waals surface area contributed by atoms with Crippen LogP contribution in [0.15, 0.2) is 60.9 Å². The van der Waals surface area contributed by atoms with Crippen LogP contribution in [0.1, 0.15) is 16.7 Å². The maximum atomic E-state index is 4.41. The Kier molecular flexibility index (Phi) is 3.73. The molecule has 0 aliphatic rings. The number of hydrogen-bond donors (Lipinski definition) is 1. The SMILES string of the molecule is Cc1ccc(NCc2cnn(-c3ccccc3)c2)cc1C. The standard InChI is InChI=1S/C18H19N3/c1-14-8-9-17(10-15(14)2)19-11-16-12-20-21(13-16)18-6-4-3-5-7-18/h3-10,12-13,19H,11H2,1-2H3. The van der Waals surface area contributed by atoms with E-state index in [1.54, 1.807) is 0 Å². The molecule has 3 aromatic rings. The molecule has 106 valence electrons. The van der Waals surface area contributed by atoms with Gasteiger partial charge >= 0.3 is 0 Å². The first-order valence-corrected chi connectivity index (χ1v) is 7.12. The summed E-state index contributed by atoms with van der Waals surface area (Å²) < 4.78 is 1.90. The number of rotatable bonds is 4. The molecule has 0 unspecified atom stereocenters. The Balaban J connectivity index is 1.69. The van der Waals surface area contributed by atoms with Gasteiger partial charge in [0.2, 0.25) is 0 Å². The first-order chi connectivity index (χ1) is 10.2. The third-order valence-corrected chi connectivity index (χ3v) is 3.66. The molecule has 0 fully saturated rings. The van der Waals surface area contributed by atoms with Gasteiger partial charge in [0.15, 0.2) is 0 Å². The molecule has 0 atom stereocenters. The van der Waals surface area contributed by atoms with Gasteiger partial charge < -0.3 is 5.32 Å². The minimum atomic E-state index is 0.773. The van der Waals surface area contributed by atoms with E-state index in [1.807, 2.05) is 41.2 Å². The molecular formula is C18H19N3. The number of nitrogens with one attached hydrogen (secondary N) is 1. The molecular weight excluding hydrogens is 258 g/mol. The van der Waals surface area contributed by atoms with Crippen molar-refractivity contribution in [2.24, 2.45) is 0 Å². The molecule has 21 heavy (non-hydrogen) atoms. The maximum absolute atomic E-state index is 4.41. The first kappa shape index (κ1) is 13.4. The number of nitrogens with zero attached hydrogens (tertiary/aromatic N) is 2. The summed E-state index contributed by atoms with van der Waals surface area (Å²) in [5, 5.41) is 7.85. The molecule has 1 N–H and O–H groups in total. The molecule has 0 spiro atoms. The fraction of sp³-hybridized carbons (Fsp3) is 0.167. The number of anilines is 1. The van der Waals surface area contributed by atoms with Crippen molar-refractivity contribution >= 4 is 5.69 Å². The summed E-state index contributed by atoms with van der Waals surface area (Å²) in [7, 11) is 0. The van der Waals surface area contributed by atoms with Crippen molar-refractivity contribution in [2.75, 3.05) is 5.32 Å². The quantitative estimate of drug-likeness (QED) is 0.778. The molecule has 1 heterocycles. The van der Waals surface area contributed by atoms with Crippen molar-refractivity contribution in [3.8, 4) is 5.69 Å². The van der Waals surface area contributed by atoms with Gasteiger partial charge in [-0.1, -0.05) is 24.3 Å². The van der Waals surface area contributed by atoms with E-state index >= 15 is 0 Å². The Morgan fingerprint density at radius 3 is 2.57 bits per heavy atom. The van der Waals surface area contributed by atoms with Crippen molar-refractivity contribution < 1.29 is 0 Å². The number of benzene rings is 2. The lowest BCUT2D eigenvalue weighted by molar-refractivity contribution is 0.880. The highest BCUT2D eigenvalue weighted by molar-refractivity contribution is 5.48. The zero-order chi connectivity index (χ0) is 14.7. The summed E-state index contributed by atoms with van der Waals surface area (Å²) in [5.74, 6) is 0. The Morgan fingerprint density at radius 2 is 1.81 bits per heavy atom. The molecule has 0 saturated heterocycles. The Morgan fingerprint density at radius 1 is 1.00 bits per heavy atom. The Labute approximate surface area is 125 Å². The van der Waals surface area contributed by atoms with Gasteiger partial charge in [0, 0.05) is 24.0 Å². The number of para-hydroxylation sites is 1. The average Bonchev–Trinajstić information content (AvgIpc) is 2.98. The van der Waals surface area contributed by atoms with E-state index in [0.29, 0.717) is 0 Å². The van der Waals surface area contributed by atoms with E-state index in [2.05, 4.69) is 48.7 Å². The lowest BCUT2D eigenvalue weighted by Crippen LogP contribution is -1.99. The molecule has 0 aliphatic heterocycles. The molecule has 0 bridgehead atoms. The van der Waals surface area contributed by atoms with Gasteiger partial charge in [-0.3, -0.25) is 0 Å². The summed E-state index contributed by atoms with van der Waals surface area (Å²) in [6, 6.07) is 16.6. The highest BCUT2D eigenvalue weighted by atomic mass is 15.3. The normalized spacial score (nSPS) is 10.6. The van der Waals surface area contributed by atoms with E-state index in [-0.39, 0.29) is 0 Å². The lowest BCUT2D eigenvalue weighted by Gasteiger charge is -2.07. The van der Waals surface area contributed by atoms with E-state index in [0.717, 1.165) is 23.5 Å². The molecule has 1 aromatic heterocycles. The Hall–Kier alpha value is -2.55. The van der Waals surface area contributed by atoms with Crippen molar-refractivity contribution in [3.05, 3.63) is 77.6 Å². The van der Waals surface area contributed by atoms with Gasteiger partial charge in [0.25, 0.3) is 0 Å². The zero-order valence-electron chi connectivity index (χ0n) is 12.4. The van der Waals surface area contributed by atoms with Crippen LogP contribution in [-0.4, -0.2) is 9.78 Å². The van der Waals surface area contributed by atoms with E-state index in [9.17, 15) is 0 Å². The smallest absolute Gasteiger partial charge is 0.0645 e. The summed E-state index contributed by atoms with van der Waals surface area (Å²) >= 11 is 0. The van der Waals surface area contributed by atoms with Crippen LogP contribution < -0.4 is 5.32 Å².